The first kappa shape index (κ1) is 10.7. The Bertz CT molecular complexity index is 436. The number of carbonyl (C=O) groups is 1. The number of fused-ring (bicyclic) bond motifs is 1. The Morgan fingerprint density at radius 3 is 3.00 bits per heavy atom. The fraction of sp³-hybridized carbons (Fsp3) is 0.538. The molecule has 2 fully saturated rings. The van der Waals surface area contributed by atoms with Gasteiger partial charge in [0.2, 0.25) is 5.91 Å². The zero-order chi connectivity index (χ0) is 11.8. The molecule has 0 spiro atoms. The number of piperidine rings is 1. The fourth-order valence-electron chi connectivity index (χ4n) is 2.72. The highest BCUT2D eigenvalue weighted by atomic mass is 16.1. The Morgan fingerprint density at radius 1 is 1.53 bits per heavy atom. The van der Waals surface area contributed by atoms with Gasteiger partial charge in [0, 0.05) is 25.3 Å². The number of amides is 1. The highest BCUT2D eigenvalue weighted by Crippen LogP contribution is 2.41. The minimum atomic E-state index is 0.103. The van der Waals surface area contributed by atoms with Crippen molar-refractivity contribution >= 4 is 5.91 Å². The summed E-state index contributed by atoms with van der Waals surface area (Å²) in [4.78, 5) is 16.1. The van der Waals surface area contributed by atoms with E-state index < -0.39 is 0 Å². The molecule has 2 atom stereocenters. The third kappa shape index (κ3) is 2.05. The van der Waals surface area contributed by atoms with Crippen LogP contribution < -0.4 is 10.6 Å². The van der Waals surface area contributed by atoms with Crippen molar-refractivity contribution in [2.24, 2.45) is 11.8 Å². The SMILES string of the molecule is Cc1cccnc1CC(=O)NC1C2CNCC21. The molecule has 1 saturated heterocycles. The summed E-state index contributed by atoms with van der Waals surface area (Å²) >= 11 is 0. The topological polar surface area (TPSA) is 54.0 Å². The molecule has 2 aliphatic rings. The number of pyridine rings is 1. The first-order chi connectivity index (χ1) is 8.25. The van der Waals surface area contributed by atoms with Gasteiger partial charge in [-0.3, -0.25) is 9.78 Å². The molecular formula is C13H17N3O. The van der Waals surface area contributed by atoms with Crippen LogP contribution in [-0.2, 0) is 11.2 Å². The maximum atomic E-state index is 11.9. The number of rotatable bonds is 3. The van der Waals surface area contributed by atoms with Crippen molar-refractivity contribution in [3.63, 3.8) is 0 Å². The first-order valence-corrected chi connectivity index (χ1v) is 6.16. The van der Waals surface area contributed by atoms with Crippen molar-refractivity contribution in [2.45, 2.75) is 19.4 Å². The molecule has 0 radical (unpaired) electrons. The standard InChI is InChI=1S/C13H17N3O/c1-8-3-2-4-15-11(8)5-12(17)16-13-9-6-14-7-10(9)13/h2-4,9-10,13-14H,5-7H2,1H3,(H,16,17). The predicted octanol–water partition coefficient (Wildman–Crippen LogP) is 0.267. The van der Waals surface area contributed by atoms with Gasteiger partial charge in [-0.1, -0.05) is 6.07 Å². The number of nitrogens with one attached hydrogen (secondary N) is 2. The Balaban J connectivity index is 1.56. The van der Waals surface area contributed by atoms with E-state index in [-0.39, 0.29) is 5.91 Å². The number of aryl methyl sites for hydroxylation is 1. The molecule has 90 valence electrons. The van der Waals surface area contributed by atoms with Crippen molar-refractivity contribution in [3.05, 3.63) is 29.6 Å². The lowest BCUT2D eigenvalue weighted by Gasteiger charge is -2.08. The lowest BCUT2D eigenvalue weighted by molar-refractivity contribution is -0.120. The Labute approximate surface area is 101 Å². The van der Waals surface area contributed by atoms with E-state index in [1.165, 1.54) is 0 Å². The van der Waals surface area contributed by atoms with Crippen LogP contribution in [0.15, 0.2) is 18.3 Å². The van der Waals surface area contributed by atoms with Crippen LogP contribution in [0.5, 0.6) is 0 Å². The van der Waals surface area contributed by atoms with Gasteiger partial charge in [-0.05, 0) is 30.4 Å². The van der Waals surface area contributed by atoms with Crippen LogP contribution in [0.4, 0.5) is 0 Å². The van der Waals surface area contributed by atoms with Crippen molar-refractivity contribution in [2.75, 3.05) is 13.1 Å². The highest BCUT2D eigenvalue weighted by molar-refractivity contribution is 5.79. The molecule has 1 amide bonds. The highest BCUT2D eigenvalue weighted by Gasteiger charge is 2.53. The molecule has 2 heterocycles. The molecule has 1 aliphatic heterocycles. The molecule has 17 heavy (non-hydrogen) atoms. The van der Waals surface area contributed by atoms with Crippen LogP contribution in [0.2, 0.25) is 0 Å². The summed E-state index contributed by atoms with van der Waals surface area (Å²) in [5, 5.41) is 6.43. The van der Waals surface area contributed by atoms with Crippen molar-refractivity contribution in [1.29, 1.82) is 0 Å². The smallest absolute Gasteiger partial charge is 0.226 e. The Morgan fingerprint density at radius 2 is 2.29 bits per heavy atom. The molecule has 0 aromatic carbocycles. The monoisotopic (exact) mass is 231 g/mol. The average Bonchev–Trinajstić information content (AvgIpc) is 2.76. The molecule has 2 N–H and O–H groups in total. The summed E-state index contributed by atoms with van der Waals surface area (Å²) in [6.45, 7) is 4.10. The second-order valence-electron chi connectivity index (χ2n) is 5.02. The summed E-state index contributed by atoms with van der Waals surface area (Å²) in [6.07, 6.45) is 2.14. The number of hydrogen-bond acceptors (Lipinski definition) is 3. The summed E-state index contributed by atoms with van der Waals surface area (Å²) in [6, 6.07) is 4.30. The summed E-state index contributed by atoms with van der Waals surface area (Å²) in [7, 11) is 0. The molecular weight excluding hydrogens is 214 g/mol. The van der Waals surface area contributed by atoms with E-state index in [0.29, 0.717) is 24.3 Å². The van der Waals surface area contributed by atoms with E-state index in [0.717, 1.165) is 24.3 Å². The predicted molar refractivity (Wildman–Crippen MR) is 64.5 cm³/mol. The van der Waals surface area contributed by atoms with Gasteiger partial charge in [-0.2, -0.15) is 0 Å². The van der Waals surface area contributed by atoms with Crippen LogP contribution in [0, 0.1) is 18.8 Å². The van der Waals surface area contributed by atoms with E-state index >= 15 is 0 Å². The second kappa shape index (κ2) is 4.11. The van der Waals surface area contributed by atoms with Crippen molar-refractivity contribution in [1.82, 2.24) is 15.6 Å². The first-order valence-electron chi connectivity index (χ1n) is 6.16. The number of nitrogens with zero attached hydrogens (tertiary/aromatic N) is 1. The van der Waals surface area contributed by atoms with E-state index in [1.807, 2.05) is 19.1 Å². The van der Waals surface area contributed by atoms with Crippen LogP contribution in [0.3, 0.4) is 0 Å². The molecule has 0 bridgehead atoms. The molecule has 1 aromatic heterocycles. The zero-order valence-corrected chi connectivity index (χ0v) is 9.94. The molecule has 4 nitrogen and oxygen atoms in total. The minimum Gasteiger partial charge on any atom is -0.352 e. The van der Waals surface area contributed by atoms with Gasteiger partial charge in [0.15, 0.2) is 0 Å². The summed E-state index contributed by atoms with van der Waals surface area (Å²) < 4.78 is 0. The van der Waals surface area contributed by atoms with Crippen molar-refractivity contribution < 1.29 is 4.79 Å². The molecule has 4 heteroatoms. The maximum absolute atomic E-state index is 11.9. The fourth-order valence-corrected chi connectivity index (χ4v) is 2.72. The van der Waals surface area contributed by atoms with Crippen LogP contribution >= 0.6 is 0 Å². The number of aromatic nitrogens is 1. The van der Waals surface area contributed by atoms with Gasteiger partial charge in [0.25, 0.3) is 0 Å². The average molecular weight is 231 g/mol. The zero-order valence-electron chi connectivity index (χ0n) is 9.94. The Kier molecular flexibility index (Phi) is 2.59. The molecule has 1 saturated carbocycles. The van der Waals surface area contributed by atoms with Gasteiger partial charge in [0.05, 0.1) is 12.1 Å². The van der Waals surface area contributed by atoms with E-state index in [4.69, 9.17) is 0 Å². The van der Waals surface area contributed by atoms with Gasteiger partial charge in [-0.25, -0.2) is 0 Å². The van der Waals surface area contributed by atoms with Gasteiger partial charge in [0.1, 0.15) is 0 Å². The van der Waals surface area contributed by atoms with Gasteiger partial charge < -0.3 is 10.6 Å². The molecule has 1 aliphatic carbocycles. The van der Waals surface area contributed by atoms with Crippen LogP contribution in [0.25, 0.3) is 0 Å². The van der Waals surface area contributed by atoms with E-state index in [9.17, 15) is 4.79 Å². The lowest BCUT2D eigenvalue weighted by Crippen LogP contribution is -2.33. The number of hydrogen-bond donors (Lipinski definition) is 2. The molecule has 1 aromatic rings. The third-order valence-electron chi connectivity index (χ3n) is 3.87. The molecule has 3 rings (SSSR count). The summed E-state index contributed by atoms with van der Waals surface area (Å²) in [5.41, 5.74) is 1.97. The van der Waals surface area contributed by atoms with E-state index in [1.54, 1.807) is 6.20 Å². The molecule has 2 unspecified atom stereocenters. The minimum absolute atomic E-state index is 0.103. The van der Waals surface area contributed by atoms with Crippen molar-refractivity contribution in [3.8, 4) is 0 Å². The van der Waals surface area contributed by atoms with E-state index in [2.05, 4.69) is 15.6 Å². The van der Waals surface area contributed by atoms with Crippen LogP contribution in [-0.4, -0.2) is 30.0 Å². The van der Waals surface area contributed by atoms with Gasteiger partial charge in [-0.15, -0.1) is 0 Å². The summed E-state index contributed by atoms with van der Waals surface area (Å²) in [5.74, 6) is 1.44. The number of carbonyl (C=O) groups excluding carboxylic acids is 1. The second-order valence-corrected chi connectivity index (χ2v) is 5.02. The quantitative estimate of drug-likeness (QED) is 0.785. The van der Waals surface area contributed by atoms with Gasteiger partial charge >= 0.3 is 0 Å². The third-order valence-corrected chi connectivity index (χ3v) is 3.87. The normalized spacial score (nSPS) is 29.8. The largest absolute Gasteiger partial charge is 0.352 e. The Hall–Kier alpha value is -1.42. The maximum Gasteiger partial charge on any atom is 0.226 e. The lowest BCUT2D eigenvalue weighted by atomic mass is 10.1. The van der Waals surface area contributed by atoms with Crippen LogP contribution in [0.1, 0.15) is 11.3 Å².